The molecule has 0 radical (unpaired) electrons. The molecule has 142 valence electrons. The Kier molecular flexibility index (Phi) is 7.49. The van der Waals surface area contributed by atoms with Crippen molar-refractivity contribution in [3.8, 4) is 11.1 Å². The molecule has 1 nitrogen and oxygen atoms in total. The molecule has 0 heterocycles. The van der Waals surface area contributed by atoms with Gasteiger partial charge in [0.15, 0.2) is 0 Å². The van der Waals surface area contributed by atoms with E-state index in [1.165, 1.54) is 50.5 Å². The summed E-state index contributed by atoms with van der Waals surface area (Å²) in [5.74, 6) is 1.64. The second kappa shape index (κ2) is 9.85. The highest BCUT2D eigenvalue weighted by atomic mass is 35.5. The SMILES string of the molecule is CCCCC1CCC(c2ccc(-c3cc(Cl)c(N=C=S)c(Cl)c3)cc2)CC1. The van der Waals surface area contributed by atoms with Crippen LogP contribution in [0.15, 0.2) is 41.4 Å². The number of isothiocyanates is 1. The molecule has 0 aromatic heterocycles. The van der Waals surface area contributed by atoms with Gasteiger partial charge in [-0.3, -0.25) is 0 Å². The van der Waals surface area contributed by atoms with E-state index in [1.54, 1.807) is 0 Å². The van der Waals surface area contributed by atoms with Gasteiger partial charge in [0.25, 0.3) is 0 Å². The number of unbranched alkanes of at least 4 members (excludes halogenated alkanes) is 1. The monoisotopic (exact) mass is 417 g/mol. The maximum Gasteiger partial charge on any atom is 0.111 e. The fraction of sp³-hybridized carbons (Fsp3) is 0.435. The summed E-state index contributed by atoms with van der Waals surface area (Å²) in [6.07, 6.45) is 9.48. The van der Waals surface area contributed by atoms with Gasteiger partial charge in [0.2, 0.25) is 0 Å². The van der Waals surface area contributed by atoms with E-state index in [2.05, 4.69) is 53.6 Å². The van der Waals surface area contributed by atoms with Gasteiger partial charge >= 0.3 is 0 Å². The summed E-state index contributed by atoms with van der Waals surface area (Å²) in [7, 11) is 0. The lowest BCUT2D eigenvalue weighted by atomic mass is 9.77. The number of halogens is 2. The van der Waals surface area contributed by atoms with Crippen LogP contribution < -0.4 is 0 Å². The van der Waals surface area contributed by atoms with E-state index >= 15 is 0 Å². The third kappa shape index (κ3) is 5.21. The first kappa shape index (κ1) is 20.6. The molecule has 0 N–H and O–H groups in total. The molecule has 0 aliphatic heterocycles. The second-order valence-corrected chi connectivity index (χ2v) is 8.47. The highest BCUT2D eigenvalue weighted by molar-refractivity contribution is 7.78. The predicted molar refractivity (Wildman–Crippen MR) is 121 cm³/mol. The van der Waals surface area contributed by atoms with Crippen molar-refractivity contribution in [1.29, 1.82) is 0 Å². The molecule has 2 aromatic carbocycles. The van der Waals surface area contributed by atoms with Crippen molar-refractivity contribution in [3.05, 3.63) is 52.0 Å². The molecule has 1 saturated carbocycles. The molecule has 0 saturated heterocycles. The van der Waals surface area contributed by atoms with Crippen molar-refractivity contribution >= 4 is 46.3 Å². The lowest BCUT2D eigenvalue weighted by Crippen LogP contribution is -2.13. The Hall–Kier alpha value is -1.18. The molecule has 1 aliphatic rings. The molecular formula is C23H25Cl2NS. The van der Waals surface area contributed by atoms with Crippen molar-refractivity contribution in [2.75, 3.05) is 0 Å². The average Bonchev–Trinajstić information content (AvgIpc) is 2.69. The Bertz CT molecular complexity index is 794. The van der Waals surface area contributed by atoms with Gasteiger partial charge in [-0.1, -0.05) is 73.7 Å². The zero-order valence-corrected chi connectivity index (χ0v) is 18.0. The third-order valence-electron chi connectivity index (χ3n) is 5.70. The predicted octanol–water partition coefficient (Wildman–Crippen LogP) is 8.86. The number of hydrogen-bond acceptors (Lipinski definition) is 2. The van der Waals surface area contributed by atoms with E-state index in [4.69, 9.17) is 23.2 Å². The Labute approximate surface area is 177 Å². The van der Waals surface area contributed by atoms with Crippen LogP contribution in [0.4, 0.5) is 5.69 Å². The first-order valence-electron chi connectivity index (χ1n) is 9.79. The van der Waals surface area contributed by atoms with Gasteiger partial charge in [0, 0.05) is 0 Å². The van der Waals surface area contributed by atoms with Crippen molar-refractivity contribution in [3.63, 3.8) is 0 Å². The Balaban J connectivity index is 1.70. The fourth-order valence-electron chi connectivity index (χ4n) is 4.11. The number of thiocarbonyl (C=S) groups is 1. The molecule has 0 bridgehead atoms. The normalized spacial score (nSPS) is 19.5. The highest BCUT2D eigenvalue weighted by Crippen LogP contribution is 2.40. The Morgan fingerprint density at radius 2 is 1.63 bits per heavy atom. The van der Waals surface area contributed by atoms with Crippen LogP contribution in [0.25, 0.3) is 11.1 Å². The van der Waals surface area contributed by atoms with Gasteiger partial charge < -0.3 is 0 Å². The Morgan fingerprint density at radius 1 is 1.00 bits per heavy atom. The van der Waals surface area contributed by atoms with Crippen molar-refractivity contribution in [2.45, 2.75) is 57.8 Å². The van der Waals surface area contributed by atoms with Gasteiger partial charge in [-0.25, -0.2) is 0 Å². The summed E-state index contributed by atoms with van der Waals surface area (Å²) in [6, 6.07) is 12.6. The van der Waals surface area contributed by atoms with Gasteiger partial charge in [-0.05, 0) is 78.6 Å². The smallest absolute Gasteiger partial charge is 0.111 e. The van der Waals surface area contributed by atoms with E-state index in [-0.39, 0.29) is 0 Å². The van der Waals surface area contributed by atoms with Crippen LogP contribution in [0.5, 0.6) is 0 Å². The van der Waals surface area contributed by atoms with Crippen LogP contribution >= 0.6 is 35.4 Å². The van der Waals surface area contributed by atoms with Crippen LogP contribution in [0.1, 0.15) is 63.4 Å². The standard InChI is InChI=1S/C23H25Cl2NS/c1-2-3-4-16-5-7-17(8-6-16)18-9-11-19(12-10-18)20-13-21(24)23(26-15-27)22(25)14-20/h9-14,16-17H,2-8H2,1H3. The number of benzene rings is 2. The van der Waals surface area contributed by atoms with Crippen LogP contribution in [0.3, 0.4) is 0 Å². The van der Waals surface area contributed by atoms with Crippen LogP contribution in [-0.2, 0) is 0 Å². The van der Waals surface area contributed by atoms with Gasteiger partial charge in [0.1, 0.15) is 5.69 Å². The molecule has 1 fully saturated rings. The molecule has 4 heteroatoms. The maximum atomic E-state index is 6.30. The molecule has 0 amide bonds. The first-order valence-corrected chi connectivity index (χ1v) is 11.0. The van der Waals surface area contributed by atoms with Crippen molar-refractivity contribution in [1.82, 2.24) is 0 Å². The summed E-state index contributed by atoms with van der Waals surface area (Å²) in [5, 5.41) is 3.30. The largest absolute Gasteiger partial charge is 0.192 e. The molecule has 0 atom stereocenters. The number of aliphatic imine (C=N–C) groups is 1. The van der Waals surface area contributed by atoms with Gasteiger partial charge in [0.05, 0.1) is 15.2 Å². The maximum absolute atomic E-state index is 6.30. The lowest BCUT2D eigenvalue weighted by Gasteiger charge is -2.29. The molecule has 3 rings (SSSR count). The molecule has 2 aromatic rings. The van der Waals surface area contributed by atoms with E-state index in [1.807, 2.05) is 12.1 Å². The molecule has 27 heavy (non-hydrogen) atoms. The molecule has 1 aliphatic carbocycles. The summed E-state index contributed by atoms with van der Waals surface area (Å²) in [6.45, 7) is 2.28. The van der Waals surface area contributed by atoms with Crippen LogP contribution in [-0.4, -0.2) is 5.16 Å². The zero-order valence-electron chi connectivity index (χ0n) is 15.7. The minimum atomic E-state index is 0.480. The number of nitrogens with zero attached hydrogens (tertiary/aromatic N) is 1. The number of rotatable bonds is 6. The van der Waals surface area contributed by atoms with Crippen molar-refractivity contribution in [2.24, 2.45) is 10.9 Å². The fourth-order valence-corrected chi connectivity index (χ4v) is 4.77. The first-order chi connectivity index (χ1) is 13.1. The minimum Gasteiger partial charge on any atom is -0.192 e. The summed E-state index contributed by atoms with van der Waals surface area (Å²) in [4.78, 5) is 3.94. The van der Waals surface area contributed by atoms with Gasteiger partial charge in [-0.15, -0.1) is 0 Å². The molecule has 0 spiro atoms. The summed E-state index contributed by atoms with van der Waals surface area (Å²) >= 11 is 17.3. The second-order valence-electron chi connectivity index (χ2n) is 7.47. The Morgan fingerprint density at radius 3 is 2.19 bits per heavy atom. The average molecular weight is 418 g/mol. The van der Waals surface area contributed by atoms with E-state index < -0.39 is 0 Å². The van der Waals surface area contributed by atoms with E-state index in [0.29, 0.717) is 21.7 Å². The lowest BCUT2D eigenvalue weighted by molar-refractivity contribution is 0.304. The van der Waals surface area contributed by atoms with Crippen LogP contribution in [0.2, 0.25) is 10.0 Å². The molecule has 0 unspecified atom stereocenters. The zero-order chi connectivity index (χ0) is 19.2. The number of hydrogen-bond donors (Lipinski definition) is 0. The molecular weight excluding hydrogens is 393 g/mol. The van der Waals surface area contributed by atoms with E-state index in [0.717, 1.165) is 17.0 Å². The van der Waals surface area contributed by atoms with Crippen LogP contribution in [0, 0.1) is 5.92 Å². The van der Waals surface area contributed by atoms with Gasteiger partial charge in [-0.2, -0.15) is 4.99 Å². The quantitative estimate of drug-likeness (QED) is 0.337. The highest BCUT2D eigenvalue weighted by Gasteiger charge is 2.22. The van der Waals surface area contributed by atoms with Crippen molar-refractivity contribution < 1.29 is 0 Å². The summed E-state index contributed by atoms with van der Waals surface area (Å²) in [5.41, 5.74) is 4.03. The summed E-state index contributed by atoms with van der Waals surface area (Å²) < 4.78 is 0. The minimum absolute atomic E-state index is 0.480. The van der Waals surface area contributed by atoms with E-state index in [9.17, 15) is 0 Å². The topological polar surface area (TPSA) is 12.4 Å². The third-order valence-corrected chi connectivity index (χ3v) is 6.37.